The van der Waals surface area contributed by atoms with Crippen molar-refractivity contribution >= 4 is 17.6 Å². The van der Waals surface area contributed by atoms with Crippen molar-refractivity contribution in [2.24, 2.45) is 0 Å². The van der Waals surface area contributed by atoms with Gasteiger partial charge in [-0.1, -0.05) is 17.2 Å². The molecule has 0 spiro atoms. The first-order chi connectivity index (χ1) is 11.7. The van der Waals surface area contributed by atoms with Crippen LogP contribution in [-0.4, -0.2) is 18.0 Å². The van der Waals surface area contributed by atoms with Gasteiger partial charge in [0.2, 0.25) is 0 Å². The highest BCUT2D eigenvalue weighted by molar-refractivity contribution is 5.97. The molecule has 25 heavy (non-hydrogen) atoms. The monoisotopic (exact) mass is 351 g/mol. The lowest BCUT2D eigenvalue weighted by Crippen LogP contribution is -2.30. The third kappa shape index (κ3) is 4.37. The average molecular weight is 351 g/mol. The van der Waals surface area contributed by atoms with Crippen LogP contribution in [-0.2, 0) is 9.53 Å². The maximum Gasteiger partial charge on any atom is 0.338 e. The maximum absolute atomic E-state index is 13.6. The van der Waals surface area contributed by atoms with Gasteiger partial charge in [0.15, 0.2) is 23.6 Å². The molecule has 2 aromatic rings. The highest BCUT2D eigenvalue weighted by atomic mass is 19.2. The topological polar surface area (TPSA) is 55.4 Å². The smallest absolute Gasteiger partial charge is 0.338 e. The SMILES string of the molecule is Cc1cc(C)cc(C(=O)O[C@H](C)C(=O)Nc2ccc(F)c(F)c2F)c1. The molecule has 1 N–H and O–H groups in total. The van der Waals surface area contributed by atoms with E-state index in [4.69, 9.17) is 4.74 Å². The number of nitrogens with one attached hydrogen (secondary N) is 1. The number of carbonyl (C=O) groups is 2. The van der Waals surface area contributed by atoms with Crippen LogP contribution in [0.2, 0.25) is 0 Å². The molecule has 7 heteroatoms. The molecule has 1 atom stereocenters. The summed E-state index contributed by atoms with van der Waals surface area (Å²) in [5.74, 6) is -6.19. The molecule has 0 saturated carbocycles. The molecule has 132 valence electrons. The minimum Gasteiger partial charge on any atom is -0.449 e. The second kappa shape index (κ2) is 7.38. The maximum atomic E-state index is 13.6. The lowest BCUT2D eigenvalue weighted by atomic mass is 10.1. The van der Waals surface area contributed by atoms with E-state index in [0.717, 1.165) is 17.2 Å². The summed E-state index contributed by atoms with van der Waals surface area (Å²) in [4.78, 5) is 24.1. The van der Waals surface area contributed by atoms with Crippen LogP contribution >= 0.6 is 0 Å². The van der Waals surface area contributed by atoms with Crippen molar-refractivity contribution < 1.29 is 27.5 Å². The summed E-state index contributed by atoms with van der Waals surface area (Å²) in [6, 6.07) is 6.65. The molecule has 0 aliphatic carbocycles. The van der Waals surface area contributed by atoms with E-state index < -0.39 is 41.1 Å². The van der Waals surface area contributed by atoms with Crippen molar-refractivity contribution in [3.63, 3.8) is 0 Å². The number of hydrogen-bond acceptors (Lipinski definition) is 3. The third-order valence-electron chi connectivity index (χ3n) is 3.40. The van der Waals surface area contributed by atoms with Crippen molar-refractivity contribution in [2.45, 2.75) is 26.9 Å². The van der Waals surface area contributed by atoms with Crippen molar-refractivity contribution in [3.05, 3.63) is 64.5 Å². The van der Waals surface area contributed by atoms with Crippen LogP contribution in [0, 0.1) is 31.3 Å². The predicted molar refractivity (Wildman–Crippen MR) is 85.7 cm³/mol. The number of amides is 1. The van der Waals surface area contributed by atoms with Crippen LogP contribution in [0.4, 0.5) is 18.9 Å². The Morgan fingerprint density at radius 1 is 1.00 bits per heavy atom. The quantitative estimate of drug-likeness (QED) is 0.671. The summed E-state index contributed by atoms with van der Waals surface area (Å²) in [6.45, 7) is 4.91. The fourth-order valence-corrected chi connectivity index (χ4v) is 2.23. The molecule has 0 heterocycles. The van der Waals surface area contributed by atoms with E-state index in [1.165, 1.54) is 6.92 Å². The number of anilines is 1. The van der Waals surface area contributed by atoms with Gasteiger partial charge in [0, 0.05) is 0 Å². The van der Waals surface area contributed by atoms with Crippen LogP contribution in [0.25, 0.3) is 0 Å². The molecule has 0 bridgehead atoms. The lowest BCUT2D eigenvalue weighted by molar-refractivity contribution is -0.123. The number of aryl methyl sites for hydroxylation is 2. The first-order valence-electron chi connectivity index (χ1n) is 7.42. The molecular formula is C18H16F3NO3. The van der Waals surface area contributed by atoms with Crippen LogP contribution in [0.15, 0.2) is 30.3 Å². The number of benzene rings is 2. The van der Waals surface area contributed by atoms with Gasteiger partial charge in [-0.2, -0.15) is 0 Å². The lowest BCUT2D eigenvalue weighted by Gasteiger charge is -2.14. The van der Waals surface area contributed by atoms with Gasteiger partial charge >= 0.3 is 5.97 Å². The van der Waals surface area contributed by atoms with Gasteiger partial charge in [0.1, 0.15) is 0 Å². The second-order valence-corrected chi connectivity index (χ2v) is 5.64. The molecule has 0 fully saturated rings. The summed E-state index contributed by atoms with van der Waals surface area (Å²) < 4.78 is 44.6. The van der Waals surface area contributed by atoms with E-state index in [2.05, 4.69) is 5.32 Å². The molecule has 2 rings (SSSR count). The molecular weight excluding hydrogens is 335 g/mol. The normalized spacial score (nSPS) is 11.8. The van der Waals surface area contributed by atoms with Crippen molar-refractivity contribution in [1.82, 2.24) is 0 Å². The van der Waals surface area contributed by atoms with Gasteiger partial charge in [0.25, 0.3) is 5.91 Å². The standard InChI is InChI=1S/C18H16F3NO3/c1-9-6-10(2)8-12(7-9)18(24)25-11(3)17(23)22-14-5-4-13(19)15(20)16(14)21/h4-8,11H,1-3H3,(H,22,23)/t11-/m1/s1. The van der Waals surface area contributed by atoms with Crippen LogP contribution in [0.5, 0.6) is 0 Å². The summed E-state index contributed by atoms with van der Waals surface area (Å²) in [5, 5.41) is 2.06. The summed E-state index contributed by atoms with van der Waals surface area (Å²) in [6.07, 6.45) is -1.26. The summed E-state index contributed by atoms with van der Waals surface area (Å²) in [7, 11) is 0. The molecule has 0 aliphatic heterocycles. The Morgan fingerprint density at radius 2 is 1.60 bits per heavy atom. The van der Waals surface area contributed by atoms with Gasteiger partial charge in [0.05, 0.1) is 11.3 Å². The molecule has 0 saturated heterocycles. The van der Waals surface area contributed by atoms with Crippen LogP contribution in [0.1, 0.15) is 28.4 Å². The van der Waals surface area contributed by atoms with E-state index in [9.17, 15) is 22.8 Å². The molecule has 2 aromatic carbocycles. The van der Waals surface area contributed by atoms with E-state index in [1.807, 2.05) is 19.9 Å². The minimum atomic E-state index is -1.70. The Bertz CT molecular complexity index is 816. The first-order valence-corrected chi connectivity index (χ1v) is 7.42. The summed E-state index contributed by atoms with van der Waals surface area (Å²) >= 11 is 0. The fourth-order valence-electron chi connectivity index (χ4n) is 2.23. The highest BCUT2D eigenvalue weighted by Crippen LogP contribution is 2.20. The number of halogens is 3. The minimum absolute atomic E-state index is 0.274. The molecule has 0 aliphatic rings. The zero-order chi connectivity index (χ0) is 18.7. The van der Waals surface area contributed by atoms with Crippen molar-refractivity contribution in [1.29, 1.82) is 0 Å². The molecule has 0 unspecified atom stereocenters. The predicted octanol–water partition coefficient (Wildman–Crippen LogP) is 3.90. The van der Waals surface area contributed by atoms with Gasteiger partial charge < -0.3 is 10.1 Å². The van der Waals surface area contributed by atoms with Crippen molar-refractivity contribution in [3.8, 4) is 0 Å². The van der Waals surface area contributed by atoms with Gasteiger partial charge in [-0.05, 0) is 45.0 Å². The molecule has 0 radical (unpaired) electrons. The van der Waals surface area contributed by atoms with E-state index in [0.29, 0.717) is 6.07 Å². The fraction of sp³-hybridized carbons (Fsp3) is 0.222. The van der Waals surface area contributed by atoms with Gasteiger partial charge in [-0.3, -0.25) is 4.79 Å². The Labute approximate surface area is 142 Å². The number of hydrogen-bond donors (Lipinski definition) is 1. The first kappa shape index (κ1) is 18.5. The van der Waals surface area contributed by atoms with Crippen LogP contribution in [0.3, 0.4) is 0 Å². The Balaban J connectivity index is 2.07. The van der Waals surface area contributed by atoms with E-state index >= 15 is 0 Å². The van der Waals surface area contributed by atoms with Crippen LogP contribution < -0.4 is 5.32 Å². The van der Waals surface area contributed by atoms with E-state index in [-0.39, 0.29) is 5.56 Å². The van der Waals surface area contributed by atoms with Gasteiger partial charge in [-0.15, -0.1) is 0 Å². The third-order valence-corrected chi connectivity index (χ3v) is 3.40. The van der Waals surface area contributed by atoms with Crippen molar-refractivity contribution in [2.75, 3.05) is 5.32 Å². The zero-order valence-electron chi connectivity index (χ0n) is 13.8. The largest absolute Gasteiger partial charge is 0.449 e. The second-order valence-electron chi connectivity index (χ2n) is 5.64. The highest BCUT2D eigenvalue weighted by Gasteiger charge is 2.22. The average Bonchev–Trinajstić information content (AvgIpc) is 2.54. The number of esters is 1. The Kier molecular flexibility index (Phi) is 5.46. The molecule has 0 aromatic heterocycles. The number of rotatable bonds is 4. The summed E-state index contributed by atoms with van der Waals surface area (Å²) in [5.41, 5.74) is 1.44. The van der Waals surface area contributed by atoms with E-state index in [1.54, 1.807) is 12.1 Å². The Hall–Kier alpha value is -2.83. The Morgan fingerprint density at radius 3 is 2.20 bits per heavy atom. The zero-order valence-corrected chi connectivity index (χ0v) is 13.8. The number of ether oxygens (including phenoxy) is 1. The number of carbonyl (C=O) groups excluding carboxylic acids is 2. The molecule has 4 nitrogen and oxygen atoms in total. The molecule has 1 amide bonds. The van der Waals surface area contributed by atoms with Gasteiger partial charge in [-0.25, -0.2) is 18.0 Å².